The van der Waals surface area contributed by atoms with Crippen molar-refractivity contribution < 1.29 is 19.2 Å². The summed E-state index contributed by atoms with van der Waals surface area (Å²) in [5.41, 5.74) is 0.0565. The Morgan fingerprint density at radius 2 is 2.10 bits per heavy atom. The summed E-state index contributed by atoms with van der Waals surface area (Å²) in [6, 6.07) is 7.73. The van der Waals surface area contributed by atoms with Crippen LogP contribution in [0.3, 0.4) is 0 Å². The number of hydrogen-bond acceptors (Lipinski definition) is 4. The van der Waals surface area contributed by atoms with Crippen molar-refractivity contribution >= 4 is 17.3 Å². The molecule has 0 spiro atoms. The molecule has 5 nitrogen and oxygen atoms in total. The van der Waals surface area contributed by atoms with Gasteiger partial charge in [0.05, 0.1) is 16.0 Å². The van der Waals surface area contributed by atoms with E-state index in [1.54, 1.807) is 0 Å². The molecule has 2 aromatic carbocycles. The maximum absolute atomic E-state index is 13.8. The molecule has 0 aliphatic carbocycles. The molecular weight excluding hydrogens is 301 g/mol. The number of halogens is 2. The number of ether oxygens (including phenoxy) is 1. The van der Waals surface area contributed by atoms with Gasteiger partial charge in [-0.1, -0.05) is 23.7 Å². The van der Waals surface area contributed by atoms with Crippen molar-refractivity contribution in [2.24, 2.45) is 0 Å². The van der Waals surface area contributed by atoms with E-state index in [2.05, 4.69) is 0 Å². The van der Waals surface area contributed by atoms with Gasteiger partial charge in [0.1, 0.15) is 5.75 Å². The average molecular weight is 312 g/mol. The van der Waals surface area contributed by atoms with E-state index in [0.29, 0.717) is 0 Å². The van der Waals surface area contributed by atoms with Crippen molar-refractivity contribution in [3.63, 3.8) is 0 Å². The fraction of sp³-hybridized carbons (Fsp3) is 0.143. The highest BCUT2D eigenvalue weighted by Crippen LogP contribution is 2.36. The number of non-ortho nitro benzene ring substituents is 1. The maximum atomic E-state index is 13.8. The summed E-state index contributed by atoms with van der Waals surface area (Å²) < 4.78 is 19.2. The number of rotatable bonds is 4. The zero-order chi connectivity index (χ0) is 15.6. The maximum Gasteiger partial charge on any atom is 0.271 e. The topological polar surface area (TPSA) is 72.6 Å². The smallest absolute Gasteiger partial charge is 0.271 e. The third-order valence-electron chi connectivity index (χ3n) is 2.79. The Hall–Kier alpha value is -2.18. The molecule has 0 aliphatic rings. The second-order valence-corrected chi connectivity index (χ2v) is 4.72. The molecule has 0 aromatic heterocycles. The summed E-state index contributed by atoms with van der Waals surface area (Å²) >= 11 is 5.89. The fourth-order valence-corrected chi connectivity index (χ4v) is 1.97. The van der Waals surface area contributed by atoms with Gasteiger partial charge in [-0.25, -0.2) is 4.39 Å². The van der Waals surface area contributed by atoms with Crippen molar-refractivity contribution in [1.29, 1.82) is 0 Å². The van der Waals surface area contributed by atoms with Crippen LogP contribution in [-0.2, 0) is 0 Å². The Morgan fingerprint density at radius 1 is 1.38 bits per heavy atom. The summed E-state index contributed by atoms with van der Waals surface area (Å²) in [6.45, 7) is 1.47. The number of nitro benzene ring substituents is 1. The highest BCUT2D eigenvalue weighted by atomic mass is 35.5. The molecular formula is C14H11ClFNO4. The highest BCUT2D eigenvalue weighted by Gasteiger charge is 2.17. The lowest BCUT2D eigenvalue weighted by atomic mass is 10.1. The second-order valence-electron chi connectivity index (χ2n) is 4.31. The molecule has 0 aliphatic heterocycles. The molecule has 0 fully saturated rings. The minimum absolute atomic E-state index is 0.0241. The van der Waals surface area contributed by atoms with E-state index < -0.39 is 16.8 Å². The monoisotopic (exact) mass is 311 g/mol. The van der Waals surface area contributed by atoms with Crippen LogP contribution in [0.2, 0.25) is 5.02 Å². The minimum atomic E-state index is -0.937. The van der Waals surface area contributed by atoms with Crippen molar-refractivity contribution in [2.75, 3.05) is 0 Å². The van der Waals surface area contributed by atoms with Crippen LogP contribution in [0.5, 0.6) is 11.5 Å². The minimum Gasteiger partial charge on any atom is -0.452 e. The Bertz CT molecular complexity index is 691. The van der Waals surface area contributed by atoms with E-state index in [0.717, 1.165) is 6.07 Å². The fourth-order valence-electron chi connectivity index (χ4n) is 1.76. The van der Waals surface area contributed by atoms with Crippen LogP contribution in [0.4, 0.5) is 10.1 Å². The van der Waals surface area contributed by atoms with E-state index in [1.807, 2.05) is 0 Å². The Kier molecular flexibility index (Phi) is 4.40. The molecule has 0 heterocycles. The first-order valence-corrected chi connectivity index (χ1v) is 6.36. The number of hydrogen-bond donors (Lipinski definition) is 1. The average Bonchev–Trinajstić information content (AvgIpc) is 2.42. The van der Waals surface area contributed by atoms with Gasteiger partial charge in [0.25, 0.3) is 5.69 Å². The molecule has 1 atom stereocenters. The Labute approximate surface area is 124 Å². The Balaban J connectivity index is 2.41. The first-order valence-electron chi connectivity index (χ1n) is 5.98. The molecule has 2 aromatic rings. The second kappa shape index (κ2) is 6.07. The van der Waals surface area contributed by atoms with Gasteiger partial charge in [-0.3, -0.25) is 10.1 Å². The lowest BCUT2D eigenvalue weighted by Crippen LogP contribution is -1.99. The van der Waals surface area contributed by atoms with Crippen molar-refractivity contribution in [3.05, 3.63) is 62.9 Å². The zero-order valence-electron chi connectivity index (χ0n) is 10.9. The molecule has 0 saturated heterocycles. The van der Waals surface area contributed by atoms with Crippen molar-refractivity contribution in [3.8, 4) is 11.5 Å². The van der Waals surface area contributed by atoms with Gasteiger partial charge < -0.3 is 9.84 Å². The molecule has 0 bridgehead atoms. The predicted octanol–water partition coefficient (Wildman–Crippen LogP) is 4.23. The third kappa shape index (κ3) is 3.29. The van der Waals surface area contributed by atoms with Gasteiger partial charge in [-0.05, 0) is 19.1 Å². The third-order valence-corrected chi connectivity index (χ3v) is 3.08. The van der Waals surface area contributed by atoms with Crippen LogP contribution in [0.15, 0.2) is 36.4 Å². The lowest BCUT2D eigenvalue weighted by Gasteiger charge is -2.14. The van der Waals surface area contributed by atoms with Gasteiger partial charge >= 0.3 is 0 Å². The van der Waals surface area contributed by atoms with Crippen LogP contribution in [0.1, 0.15) is 18.6 Å². The largest absolute Gasteiger partial charge is 0.452 e. The van der Waals surface area contributed by atoms with Crippen LogP contribution < -0.4 is 4.74 Å². The standard InChI is InChI=1S/C14H11ClFNO4/c1-8(18)10-3-2-4-12(16)14(10)21-13-6-5-9(17(19)20)7-11(13)15/h2-8,18H,1H3/t8-/m1/s1. The van der Waals surface area contributed by atoms with Crippen LogP contribution >= 0.6 is 11.6 Å². The van der Waals surface area contributed by atoms with Crippen molar-refractivity contribution in [2.45, 2.75) is 13.0 Å². The number of benzene rings is 2. The van der Waals surface area contributed by atoms with Gasteiger partial charge in [0, 0.05) is 17.7 Å². The first kappa shape index (κ1) is 15.2. The SMILES string of the molecule is C[C@@H](O)c1cccc(F)c1Oc1ccc([N+](=O)[O-])cc1Cl. The molecule has 110 valence electrons. The lowest BCUT2D eigenvalue weighted by molar-refractivity contribution is -0.384. The van der Waals surface area contributed by atoms with Crippen molar-refractivity contribution in [1.82, 2.24) is 0 Å². The molecule has 21 heavy (non-hydrogen) atoms. The number of nitro groups is 1. The molecule has 0 amide bonds. The van der Waals surface area contributed by atoms with E-state index in [9.17, 15) is 19.6 Å². The normalized spacial score (nSPS) is 12.0. The van der Waals surface area contributed by atoms with Crippen LogP contribution in [0, 0.1) is 15.9 Å². The van der Waals surface area contributed by atoms with Crippen LogP contribution in [0.25, 0.3) is 0 Å². The van der Waals surface area contributed by atoms with E-state index in [1.165, 1.54) is 37.3 Å². The van der Waals surface area contributed by atoms with Gasteiger partial charge in [0.2, 0.25) is 0 Å². The number of nitrogens with zero attached hydrogens (tertiary/aromatic N) is 1. The quantitative estimate of drug-likeness (QED) is 0.677. The summed E-state index contributed by atoms with van der Waals surface area (Å²) in [5.74, 6) is -0.764. The number of para-hydroxylation sites is 1. The van der Waals surface area contributed by atoms with Crippen LogP contribution in [-0.4, -0.2) is 10.0 Å². The zero-order valence-corrected chi connectivity index (χ0v) is 11.7. The summed E-state index contributed by atoms with van der Waals surface area (Å²) in [6.07, 6.45) is -0.937. The summed E-state index contributed by atoms with van der Waals surface area (Å²) in [7, 11) is 0. The summed E-state index contributed by atoms with van der Waals surface area (Å²) in [4.78, 5) is 10.0. The molecule has 0 saturated carbocycles. The first-order chi connectivity index (χ1) is 9.90. The van der Waals surface area contributed by atoms with E-state index in [-0.39, 0.29) is 27.8 Å². The molecule has 1 N–H and O–H groups in total. The molecule has 0 unspecified atom stereocenters. The van der Waals surface area contributed by atoms with Gasteiger partial charge in [-0.2, -0.15) is 0 Å². The Morgan fingerprint density at radius 3 is 2.67 bits per heavy atom. The van der Waals surface area contributed by atoms with E-state index >= 15 is 0 Å². The van der Waals surface area contributed by atoms with Gasteiger partial charge in [0.15, 0.2) is 11.6 Å². The predicted molar refractivity (Wildman–Crippen MR) is 75.2 cm³/mol. The molecule has 7 heteroatoms. The highest BCUT2D eigenvalue weighted by molar-refractivity contribution is 6.32. The van der Waals surface area contributed by atoms with Gasteiger partial charge in [-0.15, -0.1) is 0 Å². The molecule has 0 radical (unpaired) electrons. The number of aliphatic hydroxyl groups excluding tert-OH is 1. The van der Waals surface area contributed by atoms with E-state index in [4.69, 9.17) is 16.3 Å². The number of aliphatic hydroxyl groups is 1. The summed E-state index contributed by atoms with van der Waals surface area (Å²) in [5, 5.41) is 20.2. The molecule has 2 rings (SSSR count).